The van der Waals surface area contributed by atoms with Crippen molar-refractivity contribution in [2.24, 2.45) is 5.92 Å². The van der Waals surface area contributed by atoms with Crippen molar-refractivity contribution in [2.45, 2.75) is 64.1 Å². The second kappa shape index (κ2) is 5.50. The molecule has 3 atom stereocenters. The fraction of sp³-hybridized carbons (Fsp3) is 0.667. The van der Waals surface area contributed by atoms with Crippen LogP contribution in [0.4, 0.5) is 0 Å². The molecule has 2 aliphatic heterocycles. The van der Waals surface area contributed by atoms with Gasteiger partial charge in [-0.2, -0.15) is 0 Å². The van der Waals surface area contributed by atoms with Crippen LogP contribution in [0.25, 0.3) is 0 Å². The summed E-state index contributed by atoms with van der Waals surface area (Å²) in [7, 11) is 2.26. The highest BCUT2D eigenvalue weighted by molar-refractivity contribution is 5.34. The molecule has 20 heavy (non-hydrogen) atoms. The molecule has 2 heterocycles. The van der Waals surface area contributed by atoms with Crippen molar-refractivity contribution >= 4 is 0 Å². The van der Waals surface area contributed by atoms with Crippen LogP contribution < -0.4 is 0 Å². The molecule has 2 nitrogen and oxygen atoms in total. The molecule has 2 heteroatoms. The van der Waals surface area contributed by atoms with Gasteiger partial charge in [0.1, 0.15) is 0 Å². The van der Waals surface area contributed by atoms with Crippen molar-refractivity contribution in [3.63, 3.8) is 0 Å². The van der Waals surface area contributed by atoms with Gasteiger partial charge < -0.3 is 10.0 Å². The van der Waals surface area contributed by atoms with E-state index < -0.39 is 0 Å². The normalized spacial score (nSPS) is 31.5. The van der Waals surface area contributed by atoms with Crippen LogP contribution in [0.1, 0.15) is 42.4 Å². The highest BCUT2D eigenvalue weighted by atomic mass is 16.3. The van der Waals surface area contributed by atoms with Gasteiger partial charge in [-0.05, 0) is 75.6 Å². The Labute approximate surface area is 122 Å². The molecule has 2 bridgehead atoms. The monoisotopic (exact) mass is 273 g/mol. The summed E-state index contributed by atoms with van der Waals surface area (Å²) in [4.78, 5) is 2.54. The molecule has 2 fully saturated rings. The molecule has 110 valence electrons. The SMILES string of the molecule is Cc1cccc(C)c1CC(O)C1CC2CCC(C1)N2C. The van der Waals surface area contributed by atoms with Crippen LogP contribution in [-0.4, -0.2) is 35.2 Å². The van der Waals surface area contributed by atoms with E-state index in [1.807, 2.05) is 0 Å². The van der Waals surface area contributed by atoms with E-state index in [0.717, 1.165) is 6.42 Å². The Balaban J connectivity index is 1.70. The van der Waals surface area contributed by atoms with Gasteiger partial charge in [-0.3, -0.25) is 0 Å². The quantitative estimate of drug-likeness (QED) is 0.915. The van der Waals surface area contributed by atoms with E-state index >= 15 is 0 Å². The van der Waals surface area contributed by atoms with Crippen LogP contribution >= 0.6 is 0 Å². The first-order chi connectivity index (χ1) is 9.56. The van der Waals surface area contributed by atoms with E-state index in [1.165, 1.54) is 42.4 Å². The van der Waals surface area contributed by atoms with Gasteiger partial charge in [-0.1, -0.05) is 18.2 Å². The van der Waals surface area contributed by atoms with Gasteiger partial charge in [0.15, 0.2) is 0 Å². The minimum Gasteiger partial charge on any atom is -0.392 e. The van der Waals surface area contributed by atoms with Crippen molar-refractivity contribution in [3.8, 4) is 0 Å². The predicted molar refractivity (Wildman–Crippen MR) is 82.9 cm³/mol. The Morgan fingerprint density at radius 2 is 1.70 bits per heavy atom. The lowest BCUT2D eigenvalue weighted by Crippen LogP contribution is -2.43. The maximum absolute atomic E-state index is 10.7. The Kier molecular flexibility index (Phi) is 3.87. The molecule has 3 rings (SSSR count). The van der Waals surface area contributed by atoms with Crippen LogP contribution in [0.2, 0.25) is 0 Å². The number of aryl methyl sites for hydroxylation is 2. The number of fused-ring (bicyclic) bond motifs is 2. The second-order valence-corrected chi connectivity index (χ2v) is 6.92. The average molecular weight is 273 g/mol. The van der Waals surface area contributed by atoms with E-state index in [9.17, 15) is 5.11 Å². The number of benzene rings is 1. The molecule has 2 saturated heterocycles. The van der Waals surface area contributed by atoms with Gasteiger partial charge >= 0.3 is 0 Å². The highest BCUT2D eigenvalue weighted by Gasteiger charge is 2.40. The first kappa shape index (κ1) is 14.1. The summed E-state index contributed by atoms with van der Waals surface area (Å²) in [6.45, 7) is 4.32. The van der Waals surface area contributed by atoms with Crippen molar-refractivity contribution in [1.82, 2.24) is 4.90 Å². The molecule has 1 aromatic rings. The summed E-state index contributed by atoms with van der Waals surface area (Å²) in [5.74, 6) is 0.489. The molecule has 0 amide bonds. The van der Waals surface area contributed by atoms with E-state index in [4.69, 9.17) is 0 Å². The van der Waals surface area contributed by atoms with Crippen LogP contribution in [0.5, 0.6) is 0 Å². The summed E-state index contributed by atoms with van der Waals surface area (Å²) in [6, 6.07) is 7.86. The third kappa shape index (κ3) is 2.51. The van der Waals surface area contributed by atoms with Crippen LogP contribution in [-0.2, 0) is 6.42 Å². The third-order valence-corrected chi connectivity index (χ3v) is 5.74. The van der Waals surface area contributed by atoms with E-state index in [1.54, 1.807) is 0 Å². The largest absolute Gasteiger partial charge is 0.392 e. The summed E-state index contributed by atoms with van der Waals surface area (Å²) in [6.07, 6.45) is 5.66. The zero-order valence-electron chi connectivity index (χ0n) is 13.0. The van der Waals surface area contributed by atoms with E-state index in [-0.39, 0.29) is 6.10 Å². The molecular formula is C18H27NO. The minimum absolute atomic E-state index is 0.174. The lowest BCUT2D eigenvalue weighted by molar-refractivity contribution is 0.0366. The zero-order chi connectivity index (χ0) is 14.3. The Hall–Kier alpha value is -0.860. The van der Waals surface area contributed by atoms with Gasteiger partial charge in [-0.25, -0.2) is 0 Å². The van der Waals surface area contributed by atoms with Crippen molar-refractivity contribution < 1.29 is 5.11 Å². The number of hydrogen-bond donors (Lipinski definition) is 1. The number of hydrogen-bond acceptors (Lipinski definition) is 2. The number of nitrogens with zero attached hydrogens (tertiary/aromatic N) is 1. The molecule has 0 radical (unpaired) electrons. The number of piperidine rings is 1. The Morgan fingerprint density at radius 3 is 2.25 bits per heavy atom. The minimum atomic E-state index is -0.174. The van der Waals surface area contributed by atoms with Crippen molar-refractivity contribution in [2.75, 3.05) is 7.05 Å². The summed E-state index contributed by atoms with van der Waals surface area (Å²) in [5, 5.41) is 10.7. The molecular weight excluding hydrogens is 246 g/mol. The molecule has 0 spiro atoms. The fourth-order valence-corrected chi connectivity index (χ4v) is 4.31. The van der Waals surface area contributed by atoms with E-state index in [2.05, 4.69) is 44.0 Å². The maximum Gasteiger partial charge on any atom is 0.0610 e. The van der Waals surface area contributed by atoms with Crippen LogP contribution in [0, 0.1) is 19.8 Å². The average Bonchev–Trinajstić information content (AvgIpc) is 2.65. The maximum atomic E-state index is 10.7. The standard InChI is InChI=1S/C18H27NO/c1-12-5-4-6-13(2)17(12)11-18(20)14-9-15-7-8-16(10-14)19(15)3/h4-6,14-16,18,20H,7-11H2,1-3H3. The smallest absolute Gasteiger partial charge is 0.0610 e. The first-order valence-corrected chi connectivity index (χ1v) is 8.01. The van der Waals surface area contributed by atoms with Crippen molar-refractivity contribution in [3.05, 3.63) is 34.9 Å². The molecule has 0 saturated carbocycles. The van der Waals surface area contributed by atoms with E-state index in [0.29, 0.717) is 18.0 Å². The van der Waals surface area contributed by atoms with Crippen LogP contribution in [0.15, 0.2) is 18.2 Å². The number of aliphatic hydroxyl groups excluding tert-OH is 1. The molecule has 3 unspecified atom stereocenters. The second-order valence-electron chi connectivity index (χ2n) is 6.92. The Bertz CT molecular complexity index is 450. The summed E-state index contributed by atoms with van der Waals surface area (Å²) >= 11 is 0. The number of aliphatic hydroxyl groups is 1. The first-order valence-electron chi connectivity index (χ1n) is 8.01. The highest BCUT2D eigenvalue weighted by Crippen LogP contribution is 2.39. The van der Waals surface area contributed by atoms with Crippen molar-refractivity contribution in [1.29, 1.82) is 0 Å². The Morgan fingerprint density at radius 1 is 1.15 bits per heavy atom. The predicted octanol–water partition coefficient (Wildman–Crippen LogP) is 3.08. The lowest BCUT2D eigenvalue weighted by Gasteiger charge is -2.38. The zero-order valence-corrected chi connectivity index (χ0v) is 13.0. The fourth-order valence-electron chi connectivity index (χ4n) is 4.31. The lowest BCUT2D eigenvalue weighted by atomic mass is 9.83. The third-order valence-electron chi connectivity index (χ3n) is 5.74. The molecule has 2 aliphatic rings. The molecule has 0 aliphatic carbocycles. The topological polar surface area (TPSA) is 23.5 Å². The number of rotatable bonds is 3. The summed E-state index contributed by atoms with van der Waals surface area (Å²) < 4.78 is 0. The van der Waals surface area contributed by atoms with Gasteiger partial charge in [-0.15, -0.1) is 0 Å². The van der Waals surface area contributed by atoms with Crippen LogP contribution in [0.3, 0.4) is 0 Å². The van der Waals surface area contributed by atoms with Gasteiger partial charge in [0.2, 0.25) is 0 Å². The van der Waals surface area contributed by atoms with Gasteiger partial charge in [0.05, 0.1) is 6.10 Å². The molecule has 1 aromatic carbocycles. The van der Waals surface area contributed by atoms with Gasteiger partial charge in [0, 0.05) is 12.1 Å². The molecule has 1 N–H and O–H groups in total. The van der Waals surface area contributed by atoms with Gasteiger partial charge in [0.25, 0.3) is 0 Å². The summed E-state index contributed by atoms with van der Waals surface area (Å²) in [5.41, 5.74) is 3.99. The molecule has 0 aromatic heterocycles.